The zero-order valence-electron chi connectivity index (χ0n) is 15.8. The molecule has 0 spiro atoms. The van der Waals surface area contributed by atoms with Crippen molar-refractivity contribution in [2.24, 2.45) is 5.41 Å². The monoisotopic (exact) mass is 348 g/mol. The van der Waals surface area contributed by atoms with E-state index in [1.54, 1.807) is 0 Å². The second-order valence-corrected chi connectivity index (χ2v) is 6.88. The molecule has 2 amide bonds. The number of carbonyl (C=O) groups excluding carboxylic acids is 1. The van der Waals surface area contributed by atoms with Gasteiger partial charge >= 0.3 is 6.03 Å². The lowest BCUT2D eigenvalue weighted by Crippen LogP contribution is -2.48. The fourth-order valence-corrected chi connectivity index (χ4v) is 3.50. The molecule has 5 nitrogen and oxygen atoms in total. The van der Waals surface area contributed by atoms with Gasteiger partial charge in [-0.15, -0.1) is 0 Å². The van der Waals surface area contributed by atoms with Gasteiger partial charge in [-0.05, 0) is 44.1 Å². The molecule has 0 aromatic heterocycles. The highest BCUT2D eigenvalue weighted by Gasteiger charge is 2.34. The predicted molar refractivity (Wildman–Crippen MR) is 99.8 cm³/mol. The minimum Gasteiger partial charge on any atom is -0.494 e. The van der Waals surface area contributed by atoms with Gasteiger partial charge in [0.1, 0.15) is 5.75 Å². The van der Waals surface area contributed by atoms with Crippen LogP contribution < -0.4 is 10.1 Å². The number of likely N-dealkylation sites (tertiary alicyclic amines) is 1. The van der Waals surface area contributed by atoms with E-state index in [4.69, 9.17) is 4.74 Å². The summed E-state index contributed by atoms with van der Waals surface area (Å²) in [6.45, 7) is 8.35. The van der Waals surface area contributed by atoms with Crippen LogP contribution in [0.3, 0.4) is 0 Å². The van der Waals surface area contributed by atoms with Gasteiger partial charge in [0.15, 0.2) is 0 Å². The van der Waals surface area contributed by atoms with Crippen LogP contribution in [0.1, 0.15) is 58.1 Å². The highest BCUT2D eigenvalue weighted by Crippen LogP contribution is 2.34. The summed E-state index contributed by atoms with van der Waals surface area (Å²) < 4.78 is 5.71. The van der Waals surface area contributed by atoms with E-state index in [0.29, 0.717) is 19.7 Å². The van der Waals surface area contributed by atoms with E-state index in [9.17, 15) is 9.90 Å². The standard InChI is InChI=1S/C20H32N2O3/c1-4-17(16-9-7-8-10-18(16)25-6-3)21-19(24)22-13-11-20(5-2,15-23)12-14-22/h7-10,17,23H,4-6,11-15H2,1-3H3,(H,21,24). The molecule has 1 atom stereocenters. The Balaban J connectivity index is 2.02. The van der Waals surface area contributed by atoms with Gasteiger partial charge in [-0.3, -0.25) is 0 Å². The molecule has 0 bridgehead atoms. The topological polar surface area (TPSA) is 61.8 Å². The Kier molecular flexibility index (Phi) is 7.12. The number of ether oxygens (including phenoxy) is 1. The van der Waals surface area contributed by atoms with Crippen LogP contribution in [0.5, 0.6) is 5.75 Å². The lowest BCUT2D eigenvalue weighted by Gasteiger charge is -2.40. The minimum atomic E-state index is -0.0639. The molecule has 1 aliphatic heterocycles. The molecule has 2 N–H and O–H groups in total. The van der Waals surface area contributed by atoms with E-state index in [1.807, 2.05) is 36.1 Å². The number of nitrogens with one attached hydrogen (secondary N) is 1. The molecule has 1 heterocycles. The van der Waals surface area contributed by atoms with Gasteiger partial charge in [0.05, 0.1) is 12.6 Å². The zero-order chi connectivity index (χ0) is 18.3. The van der Waals surface area contributed by atoms with E-state index in [2.05, 4.69) is 19.2 Å². The molecule has 5 heteroatoms. The van der Waals surface area contributed by atoms with Crippen LogP contribution in [0.25, 0.3) is 0 Å². The lowest BCUT2D eigenvalue weighted by molar-refractivity contribution is 0.0514. The van der Waals surface area contributed by atoms with Crippen molar-refractivity contribution in [2.75, 3.05) is 26.3 Å². The molecule has 1 aromatic rings. The van der Waals surface area contributed by atoms with Crippen molar-refractivity contribution in [3.63, 3.8) is 0 Å². The van der Waals surface area contributed by atoms with E-state index in [-0.39, 0.29) is 24.1 Å². The first-order valence-electron chi connectivity index (χ1n) is 9.47. The summed E-state index contributed by atoms with van der Waals surface area (Å²) in [4.78, 5) is 14.6. The first-order chi connectivity index (χ1) is 12.1. The van der Waals surface area contributed by atoms with Gasteiger partial charge in [-0.2, -0.15) is 0 Å². The molecule has 0 radical (unpaired) electrons. The summed E-state index contributed by atoms with van der Waals surface area (Å²) in [6.07, 6.45) is 3.48. The molecule has 1 saturated heterocycles. The molecule has 25 heavy (non-hydrogen) atoms. The Morgan fingerprint density at radius 2 is 1.96 bits per heavy atom. The summed E-state index contributed by atoms with van der Waals surface area (Å²) in [5, 5.41) is 12.8. The number of nitrogens with zero attached hydrogens (tertiary/aromatic N) is 1. The van der Waals surface area contributed by atoms with E-state index in [0.717, 1.165) is 37.0 Å². The third kappa shape index (κ3) is 4.66. The zero-order valence-corrected chi connectivity index (χ0v) is 15.8. The lowest BCUT2D eigenvalue weighted by atomic mass is 9.77. The number of aliphatic hydroxyl groups excluding tert-OH is 1. The predicted octanol–water partition coefficient (Wildman–Crippen LogP) is 3.73. The molecule has 1 unspecified atom stereocenters. The number of benzene rings is 1. The van der Waals surface area contributed by atoms with Gasteiger partial charge in [0, 0.05) is 25.3 Å². The number of piperidine rings is 1. The van der Waals surface area contributed by atoms with Crippen molar-refractivity contribution in [1.29, 1.82) is 0 Å². The van der Waals surface area contributed by atoms with Crippen LogP contribution in [-0.4, -0.2) is 42.3 Å². The highest BCUT2D eigenvalue weighted by atomic mass is 16.5. The summed E-state index contributed by atoms with van der Waals surface area (Å²) >= 11 is 0. The van der Waals surface area contributed by atoms with Crippen LogP contribution in [0.2, 0.25) is 0 Å². The van der Waals surface area contributed by atoms with E-state index >= 15 is 0 Å². The van der Waals surface area contributed by atoms with Crippen LogP contribution in [0.15, 0.2) is 24.3 Å². The average molecular weight is 348 g/mol. The second-order valence-electron chi connectivity index (χ2n) is 6.88. The third-order valence-corrected chi connectivity index (χ3v) is 5.50. The Hall–Kier alpha value is -1.75. The van der Waals surface area contributed by atoms with Crippen LogP contribution in [-0.2, 0) is 0 Å². The Morgan fingerprint density at radius 1 is 1.28 bits per heavy atom. The largest absolute Gasteiger partial charge is 0.494 e. The smallest absolute Gasteiger partial charge is 0.317 e. The maximum Gasteiger partial charge on any atom is 0.317 e. The van der Waals surface area contributed by atoms with E-state index in [1.165, 1.54) is 0 Å². The van der Waals surface area contributed by atoms with E-state index < -0.39 is 0 Å². The third-order valence-electron chi connectivity index (χ3n) is 5.50. The Labute approximate surface area is 151 Å². The average Bonchev–Trinajstić information content (AvgIpc) is 2.67. The number of amides is 2. The quantitative estimate of drug-likeness (QED) is 0.789. The van der Waals surface area contributed by atoms with Crippen molar-refractivity contribution in [3.8, 4) is 5.75 Å². The van der Waals surface area contributed by atoms with Crippen LogP contribution in [0.4, 0.5) is 4.79 Å². The molecule has 0 aliphatic carbocycles. The number of hydrogen-bond donors (Lipinski definition) is 2. The highest BCUT2D eigenvalue weighted by molar-refractivity contribution is 5.75. The SMILES string of the molecule is CCOc1ccccc1C(CC)NC(=O)N1CCC(CC)(CO)CC1. The van der Waals surface area contributed by atoms with Gasteiger partial charge in [-0.1, -0.05) is 32.0 Å². The molecule has 1 fully saturated rings. The minimum absolute atomic E-state index is 0.0114. The van der Waals surface area contributed by atoms with Crippen LogP contribution >= 0.6 is 0 Å². The normalized spacial score (nSPS) is 17.8. The fraction of sp³-hybridized carbons (Fsp3) is 0.650. The Bertz CT molecular complexity index is 548. The fourth-order valence-electron chi connectivity index (χ4n) is 3.50. The number of rotatable bonds is 7. The van der Waals surface area contributed by atoms with Gasteiger partial charge in [0.25, 0.3) is 0 Å². The number of carbonyl (C=O) groups is 1. The Morgan fingerprint density at radius 3 is 2.52 bits per heavy atom. The maximum absolute atomic E-state index is 12.7. The first kappa shape index (κ1) is 19.6. The molecule has 0 saturated carbocycles. The number of urea groups is 1. The van der Waals surface area contributed by atoms with Gasteiger partial charge in [-0.25, -0.2) is 4.79 Å². The number of hydrogen-bond acceptors (Lipinski definition) is 3. The second kappa shape index (κ2) is 9.09. The summed E-state index contributed by atoms with van der Waals surface area (Å²) in [7, 11) is 0. The molecular formula is C20H32N2O3. The summed E-state index contributed by atoms with van der Waals surface area (Å²) in [6, 6.07) is 7.80. The molecule has 1 aliphatic rings. The van der Waals surface area contributed by atoms with Crippen molar-refractivity contribution in [3.05, 3.63) is 29.8 Å². The van der Waals surface area contributed by atoms with Crippen molar-refractivity contribution in [1.82, 2.24) is 10.2 Å². The summed E-state index contributed by atoms with van der Waals surface area (Å²) in [5.74, 6) is 0.834. The molecule has 2 rings (SSSR count). The van der Waals surface area contributed by atoms with Gasteiger partial charge < -0.3 is 20.1 Å². The molecular weight excluding hydrogens is 316 g/mol. The van der Waals surface area contributed by atoms with Crippen molar-refractivity contribution < 1.29 is 14.6 Å². The molecule has 140 valence electrons. The van der Waals surface area contributed by atoms with Crippen molar-refractivity contribution >= 4 is 6.03 Å². The van der Waals surface area contributed by atoms with Crippen molar-refractivity contribution in [2.45, 2.75) is 52.5 Å². The van der Waals surface area contributed by atoms with Crippen LogP contribution in [0, 0.1) is 5.41 Å². The number of para-hydroxylation sites is 1. The van der Waals surface area contributed by atoms with Gasteiger partial charge in [0.2, 0.25) is 0 Å². The first-order valence-corrected chi connectivity index (χ1v) is 9.47. The summed E-state index contributed by atoms with van der Waals surface area (Å²) in [5.41, 5.74) is 1.01. The number of aliphatic hydroxyl groups is 1. The maximum atomic E-state index is 12.7. The molecule has 1 aromatic carbocycles.